The second-order valence-electron chi connectivity index (χ2n) is 22.4. The van der Waals surface area contributed by atoms with Crippen LogP contribution in [-0.4, -0.2) is 189 Å². The first kappa shape index (κ1) is 74.0. The Morgan fingerprint density at radius 2 is 1.22 bits per heavy atom. The number of fused-ring (bicyclic) bond motifs is 1. The van der Waals surface area contributed by atoms with Gasteiger partial charge in [-0.25, -0.2) is 4.98 Å². The molecule has 1 aliphatic heterocycles. The number of nitrogens with one attached hydrogen (secondary N) is 12. The number of guanidine groups is 2. The number of nitrogens with two attached hydrogens (primary N) is 5. The van der Waals surface area contributed by atoms with Gasteiger partial charge in [0.25, 0.3) is 0 Å². The number of imidazole rings is 1. The number of carboxylic acids is 1. The van der Waals surface area contributed by atoms with E-state index in [9.17, 15) is 53.1 Å². The summed E-state index contributed by atoms with van der Waals surface area (Å²) in [6.45, 7) is -1.22. The summed E-state index contributed by atoms with van der Waals surface area (Å²) < 4.78 is 0. The minimum Gasteiger partial charge on any atom is -0.481 e. The van der Waals surface area contributed by atoms with Crippen LogP contribution < -0.4 is 81.8 Å². The monoisotopic (exact) mass is 1350 g/mol. The van der Waals surface area contributed by atoms with Crippen molar-refractivity contribution >= 4 is 106 Å². The van der Waals surface area contributed by atoms with Gasteiger partial charge in [-0.15, -0.1) is 0 Å². The van der Waals surface area contributed by atoms with Gasteiger partial charge < -0.3 is 96.9 Å². The fraction of sp³-hybridized carbons (Fsp3) is 0.403. The van der Waals surface area contributed by atoms with Crippen LogP contribution in [0.1, 0.15) is 67.3 Å². The first-order valence-corrected chi connectivity index (χ1v) is 31.9. The first-order valence-electron chi connectivity index (χ1n) is 30.8. The molecule has 3 aromatic carbocycles. The third kappa shape index (κ3) is 25.4. The number of para-hydroxylation sites is 1. The van der Waals surface area contributed by atoms with Gasteiger partial charge in [0.2, 0.25) is 65.0 Å². The van der Waals surface area contributed by atoms with Gasteiger partial charge in [0.05, 0.1) is 25.8 Å². The van der Waals surface area contributed by atoms with Crippen molar-refractivity contribution in [3.05, 3.63) is 126 Å². The van der Waals surface area contributed by atoms with E-state index in [1.807, 2.05) is 0 Å². The smallest absolute Gasteiger partial charge is 0.305 e. The Bertz CT molecular complexity index is 3550. The highest BCUT2D eigenvalue weighted by Crippen LogP contribution is 2.20. The molecule has 514 valence electrons. The van der Waals surface area contributed by atoms with Gasteiger partial charge >= 0.3 is 5.97 Å². The van der Waals surface area contributed by atoms with Crippen LogP contribution in [0.25, 0.3) is 10.9 Å². The number of hydrogen-bond acceptors (Lipinski definition) is 16. The number of nitrogens with zero attached hydrogens (tertiary/aromatic N) is 3. The van der Waals surface area contributed by atoms with Crippen molar-refractivity contribution in [1.29, 1.82) is 0 Å². The lowest BCUT2D eigenvalue weighted by atomic mass is 10.0. The average molecular weight is 1350 g/mol. The molecule has 96 heavy (non-hydrogen) atoms. The molecule has 1 saturated heterocycles. The summed E-state index contributed by atoms with van der Waals surface area (Å²) >= 11 is 1.05. The lowest BCUT2D eigenvalue weighted by Crippen LogP contribution is -2.61. The number of carbonyl (C=O) groups excluding carboxylic acids is 11. The normalized spacial score (nSPS) is 18.7. The fourth-order valence-electron chi connectivity index (χ4n) is 10.0. The van der Waals surface area contributed by atoms with E-state index in [0.29, 0.717) is 33.3 Å². The van der Waals surface area contributed by atoms with Crippen LogP contribution in [0.3, 0.4) is 0 Å². The number of H-pyrrole nitrogens is 2. The zero-order chi connectivity index (χ0) is 69.5. The molecule has 6 rings (SSSR count). The fourth-order valence-corrected chi connectivity index (χ4v) is 11.0. The first-order chi connectivity index (χ1) is 46.0. The van der Waals surface area contributed by atoms with Crippen molar-refractivity contribution in [2.45, 2.75) is 119 Å². The number of thioether (sulfide) groups is 1. The highest BCUT2D eigenvalue weighted by molar-refractivity contribution is 7.99. The molecule has 3 heterocycles. The minimum absolute atomic E-state index is 0.0168. The van der Waals surface area contributed by atoms with Crippen molar-refractivity contribution in [1.82, 2.24) is 68.1 Å². The van der Waals surface area contributed by atoms with Gasteiger partial charge in [-0.05, 0) is 60.6 Å². The van der Waals surface area contributed by atoms with E-state index in [1.165, 1.54) is 12.5 Å². The van der Waals surface area contributed by atoms with Gasteiger partial charge in [0, 0.05) is 79.9 Å². The van der Waals surface area contributed by atoms with Crippen molar-refractivity contribution in [3.8, 4) is 0 Å². The molecule has 0 aliphatic carbocycles. The van der Waals surface area contributed by atoms with E-state index >= 15 is 9.59 Å². The number of carboxylic acid groups (broad SMARTS) is 1. The molecule has 2 aromatic heterocycles. The van der Waals surface area contributed by atoms with Gasteiger partial charge in [-0.3, -0.25) is 67.5 Å². The number of rotatable bonds is 27. The summed E-state index contributed by atoms with van der Waals surface area (Å²) in [5.74, 6) is -12.2. The molecule has 23 N–H and O–H groups in total. The standard InChI is InChI=1S/C62H82N20O13S/c63-49(83)31-73-53(88)43(24-35-12-3-1-4-13-35)78-54(89)41(18-9-21-69-61(64)65)77-59(94)47(28-52(86)87)81-60(95)48-33-96-23-11-20-50(84)72-32-51(85)75-46(27-38-30-68-34-74-38)58(93)79-44(25-36-14-5-2-6-15-36)56(91)76-42(19-10-22-70-62(66)67)55(90)80-45(57(92)82-48)26-37-29-71-40-17-8-7-16-39(37)40/h1-8,12-17,29-30,34,41-48,71H,9-11,18-28,31-33H2,(H2,63,83)(H,68,74)(H,72,84)(H,73,88)(H,75,85)(H,76,91)(H,77,94)(H,78,89)(H,79,93)(H,80,90)(H,81,95)(H,82,92)(H,86,87)(H4,64,65,69)(H4,66,67,70). The van der Waals surface area contributed by atoms with Gasteiger partial charge in [-0.2, -0.15) is 11.8 Å². The molecule has 8 atom stereocenters. The quantitative estimate of drug-likeness (QED) is 0.0135. The largest absolute Gasteiger partial charge is 0.481 e. The number of hydrogen-bond donors (Lipinski definition) is 18. The second-order valence-corrected chi connectivity index (χ2v) is 23.6. The third-order valence-corrected chi connectivity index (χ3v) is 16.0. The van der Waals surface area contributed by atoms with Crippen LogP contribution in [0.5, 0.6) is 0 Å². The van der Waals surface area contributed by atoms with Crippen molar-refractivity contribution in [2.24, 2.45) is 38.7 Å². The Morgan fingerprint density at radius 3 is 1.88 bits per heavy atom. The highest BCUT2D eigenvalue weighted by atomic mass is 32.2. The number of benzene rings is 3. The average Bonchev–Trinajstić information content (AvgIpc) is 1.59. The molecule has 5 aromatic rings. The second kappa shape index (κ2) is 38.2. The van der Waals surface area contributed by atoms with E-state index < -0.39 is 139 Å². The summed E-state index contributed by atoms with van der Waals surface area (Å²) in [4.78, 5) is 185. The molecular formula is C62H82N20O13S. The molecule has 33 nitrogen and oxygen atoms in total. The predicted octanol–water partition coefficient (Wildman–Crippen LogP) is -4.13. The summed E-state index contributed by atoms with van der Waals surface area (Å²) in [6, 6.07) is 11.8. The van der Waals surface area contributed by atoms with Gasteiger partial charge in [-0.1, -0.05) is 78.9 Å². The molecule has 1 aliphatic rings. The number of aliphatic carboxylic acids is 1. The summed E-state index contributed by atoms with van der Waals surface area (Å²) in [7, 11) is 0. The maximum atomic E-state index is 15.1. The molecule has 1 fully saturated rings. The van der Waals surface area contributed by atoms with Crippen LogP contribution in [0, 0.1) is 0 Å². The Labute approximate surface area is 555 Å². The van der Waals surface area contributed by atoms with Gasteiger partial charge in [0.15, 0.2) is 11.9 Å². The molecule has 11 amide bonds. The van der Waals surface area contributed by atoms with Crippen LogP contribution in [0.4, 0.5) is 0 Å². The molecule has 34 heteroatoms. The van der Waals surface area contributed by atoms with E-state index in [1.54, 1.807) is 91.1 Å². The van der Waals surface area contributed by atoms with Crippen LogP contribution in [0.15, 0.2) is 114 Å². The van der Waals surface area contributed by atoms with E-state index in [-0.39, 0.29) is 101 Å². The molecule has 0 bridgehead atoms. The van der Waals surface area contributed by atoms with Crippen LogP contribution in [-0.2, 0) is 83.2 Å². The summed E-state index contributed by atoms with van der Waals surface area (Å²) in [5.41, 5.74) is 30.4. The summed E-state index contributed by atoms with van der Waals surface area (Å²) in [5, 5.41) is 36.8. The minimum atomic E-state index is -1.97. The van der Waals surface area contributed by atoms with E-state index in [2.05, 4.69) is 78.1 Å². The topological polar surface area (TPSA) is 545 Å². The zero-order valence-electron chi connectivity index (χ0n) is 52.4. The lowest BCUT2D eigenvalue weighted by molar-refractivity contribution is -0.141. The maximum absolute atomic E-state index is 15.1. The third-order valence-electron chi connectivity index (χ3n) is 14.9. The maximum Gasteiger partial charge on any atom is 0.305 e. The SMILES string of the molecule is NC(=O)CNC(=O)C(Cc1ccccc1)NC(=O)C(CCCN=C(N)N)NC(=O)C(CC(=O)O)NC(=O)C1CSCCCC(=O)NCC(=O)NC(Cc2cnc[nH]2)C(=O)NC(Cc2ccccc2)C(=O)NC(CCCN=C(N)N)C(=O)NC(Cc2c[nH]c3ccccc23)C(=O)N1. The molecule has 0 saturated carbocycles. The van der Waals surface area contributed by atoms with Crippen molar-refractivity contribution in [2.75, 3.05) is 37.7 Å². The predicted molar refractivity (Wildman–Crippen MR) is 354 cm³/mol. The van der Waals surface area contributed by atoms with Crippen molar-refractivity contribution < 1.29 is 62.6 Å². The zero-order valence-corrected chi connectivity index (χ0v) is 53.3. The molecule has 8 unspecified atom stereocenters. The number of amides is 11. The molecule has 0 radical (unpaired) electrons. The van der Waals surface area contributed by atoms with Crippen LogP contribution >= 0.6 is 11.8 Å². The van der Waals surface area contributed by atoms with Crippen LogP contribution in [0.2, 0.25) is 0 Å². The highest BCUT2D eigenvalue weighted by Gasteiger charge is 2.36. The van der Waals surface area contributed by atoms with E-state index in [0.717, 1.165) is 11.8 Å². The van der Waals surface area contributed by atoms with Gasteiger partial charge in [0.1, 0.15) is 48.3 Å². The Morgan fingerprint density at radius 1 is 0.625 bits per heavy atom. The number of aliphatic imine (C=N–C) groups is 2. The number of carbonyl (C=O) groups is 12. The Balaban J connectivity index is 1.35. The van der Waals surface area contributed by atoms with Crippen molar-refractivity contribution in [3.63, 3.8) is 0 Å². The summed E-state index contributed by atoms with van der Waals surface area (Å²) in [6.07, 6.45) is 2.46. The number of aromatic nitrogens is 3. The molecular weight excluding hydrogens is 1260 g/mol. The Kier molecular flexibility index (Phi) is 29.4. The van der Waals surface area contributed by atoms with E-state index in [4.69, 9.17) is 28.7 Å². The lowest BCUT2D eigenvalue weighted by Gasteiger charge is -2.28. The number of primary amides is 1. The number of aromatic amines is 2. The Hall–Kier alpha value is -11.1. The molecule has 0 spiro atoms.